The fourth-order valence-electron chi connectivity index (χ4n) is 4.49. The molecule has 1 aliphatic heterocycles. The Morgan fingerprint density at radius 1 is 1.08 bits per heavy atom. The molecule has 2 aliphatic carbocycles. The number of thiophene rings is 1. The van der Waals surface area contributed by atoms with Gasteiger partial charge in [0, 0.05) is 10.5 Å². The molecule has 3 heteroatoms. The summed E-state index contributed by atoms with van der Waals surface area (Å²) in [7, 11) is -0.807. The van der Waals surface area contributed by atoms with Gasteiger partial charge < -0.3 is 0 Å². The van der Waals surface area contributed by atoms with Gasteiger partial charge in [-0.2, -0.15) is 0 Å². The van der Waals surface area contributed by atoms with E-state index >= 15 is 0 Å². The van der Waals surface area contributed by atoms with Crippen molar-refractivity contribution >= 4 is 48.7 Å². The molecule has 120 valence electrons. The summed E-state index contributed by atoms with van der Waals surface area (Å²) in [6.45, 7) is 7.27. The normalized spacial score (nSPS) is 24.2. The van der Waals surface area contributed by atoms with Crippen LogP contribution in [0.5, 0.6) is 0 Å². The second kappa shape index (κ2) is 5.35. The molecule has 0 N–H and O–H groups in total. The van der Waals surface area contributed by atoms with Gasteiger partial charge in [0.05, 0.1) is 14.0 Å². The van der Waals surface area contributed by atoms with Gasteiger partial charge in [-0.15, -0.1) is 23.1 Å². The van der Waals surface area contributed by atoms with Crippen LogP contribution in [0, 0.1) is 0 Å². The standard InChI is InChI=1S/C21H20S2Si/c1-12-10-13-6-4-5-7-14(13)17(12)16-11-23-20-18(16)15-8-9-22-19(15)21(20)24(2)3/h4-11,17,20,24H,1-3H3. The minimum absolute atomic E-state index is 0.453. The molecule has 1 aromatic heterocycles. The first kappa shape index (κ1) is 15.0. The van der Waals surface area contributed by atoms with E-state index in [1.54, 1.807) is 20.9 Å². The largest absolute Gasteiger partial charge is 0.144 e. The Kier molecular flexibility index (Phi) is 3.34. The summed E-state index contributed by atoms with van der Waals surface area (Å²) in [5.41, 5.74) is 7.57. The molecule has 2 unspecified atom stereocenters. The topological polar surface area (TPSA) is 0 Å². The highest BCUT2D eigenvalue weighted by Gasteiger charge is 2.39. The number of thioether (sulfide) groups is 1. The Hall–Kier alpha value is -1.29. The van der Waals surface area contributed by atoms with Crippen LogP contribution in [0.4, 0.5) is 0 Å². The van der Waals surface area contributed by atoms with E-state index in [0.29, 0.717) is 11.2 Å². The van der Waals surface area contributed by atoms with Crippen molar-refractivity contribution in [1.82, 2.24) is 0 Å². The fraction of sp³-hybridized carbons (Fsp3) is 0.238. The summed E-state index contributed by atoms with van der Waals surface area (Å²) in [5, 5.41) is 8.68. The molecule has 1 aromatic carbocycles. The fourth-order valence-corrected chi connectivity index (χ4v) is 10.1. The van der Waals surface area contributed by atoms with E-state index < -0.39 is 8.80 Å². The van der Waals surface area contributed by atoms with E-state index in [4.69, 9.17) is 0 Å². The van der Waals surface area contributed by atoms with Gasteiger partial charge in [0.25, 0.3) is 0 Å². The quantitative estimate of drug-likeness (QED) is 0.717. The first-order valence-corrected chi connectivity index (χ1v) is 13.3. The minimum Gasteiger partial charge on any atom is -0.144 e. The van der Waals surface area contributed by atoms with Gasteiger partial charge in [-0.3, -0.25) is 0 Å². The van der Waals surface area contributed by atoms with Crippen LogP contribution in [0.15, 0.2) is 52.3 Å². The molecule has 2 heterocycles. The van der Waals surface area contributed by atoms with Crippen LogP contribution >= 0.6 is 23.1 Å². The number of fused-ring (bicyclic) bond motifs is 3. The lowest BCUT2D eigenvalue weighted by Gasteiger charge is -2.20. The van der Waals surface area contributed by atoms with Crippen LogP contribution in [0.1, 0.15) is 24.0 Å². The van der Waals surface area contributed by atoms with Crippen LogP contribution in [-0.4, -0.2) is 14.0 Å². The molecule has 3 aliphatic rings. The lowest BCUT2D eigenvalue weighted by atomic mass is 9.85. The zero-order chi connectivity index (χ0) is 16.4. The maximum absolute atomic E-state index is 2.48. The number of benzene rings is 1. The molecule has 24 heavy (non-hydrogen) atoms. The molecule has 0 spiro atoms. The van der Waals surface area contributed by atoms with Crippen molar-refractivity contribution in [3.63, 3.8) is 0 Å². The third-order valence-electron chi connectivity index (χ3n) is 5.48. The third-order valence-corrected chi connectivity index (χ3v) is 9.92. The molecule has 0 bridgehead atoms. The summed E-state index contributed by atoms with van der Waals surface area (Å²) in [4.78, 5) is 0. The molecule has 0 amide bonds. The highest BCUT2D eigenvalue weighted by Crippen LogP contribution is 2.52. The molecule has 0 saturated carbocycles. The van der Waals surface area contributed by atoms with Gasteiger partial charge >= 0.3 is 0 Å². The monoisotopic (exact) mass is 364 g/mol. The Labute approximate surface area is 152 Å². The summed E-state index contributed by atoms with van der Waals surface area (Å²) in [6, 6.07) is 11.3. The average molecular weight is 365 g/mol. The molecule has 0 nitrogen and oxygen atoms in total. The van der Waals surface area contributed by atoms with E-state index in [0.717, 1.165) is 0 Å². The Balaban J connectivity index is 1.71. The average Bonchev–Trinajstić information content (AvgIpc) is 3.25. The summed E-state index contributed by atoms with van der Waals surface area (Å²) in [6.07, 6.45) is 2.38. The maximum Gasteiger partial charge on any atom is 0.0633 e. The summed E-state index contributed by atoms with van der Waals surface area (Å²) >= 11 is 4.02. The van der Waals surface area contributed by atoms with Gasteiger partial charge in [-0.25, -0.2) is 0 Å². The van der Waals surface area contributed by atoms with Gasteiger partial charge in [0.15, 0.2) is 0 Å². The molecule has 0 saturated heterocycles. The molecule has 5 rings (SSSR count). The van der Waals surface area contributed by atoms with Crippen LogP contribution in [0.3, 0.4) is 0 Å². The lowest BCUT2D eigenvalue weighted by molar-refractivity contribution is 0.982. The predicted molar refractivity (Wildman–Crippen MR) is 112 cm³/mol. The Morgan fingerprint density at radius 2 is 1.92 bits per heavy atom. The van der Waals surface area contributed by atoms with Crippen molar-refractivity contribution in [3.8, 4) is 0 Å². The smallest absolute Gasteiger partial charge is 0.0633 e. The number of hydrogen-bond acceptors (Lipinski definition) is 2. The van der Waals surface area contributed by atoms with Crippen LogP contribution in [-0.2, 0) is 0 Å². The first-order valence-electron chi connectivity index (χ1n) is 8.61. The van der Waals surface area contributed by atoms with Crippen molar-refractivity contribution in [2.24, 2.45) is 0 Å². The van der Waals surface area contributed by atoms with Crippen molar-refractivity contribution in [3.05, 3.63) is 73.1 Å². The van der Waals surface area contributed by atoms with Crippen molar-refractivity contribution in [1.29, 1.82) is 0 Å². The Bertz CT molecular complexity index is 1040. The van der Waals surface area contributed by atoms with Gasteiger partial charge in [-0.1, -0.05) is 49.0 Å². The van der Waals surface area contributed by atoms with E-state index in [2.05, 4.69) is 79.0 Å². The van der Waals surface area contributed by atoms with E-state index in [-0.39, 0.29) is 0 Å². The van der Waals surface area contributed by atoms with Gasteiger partial charge in [0.1, 0.15) is 0 Å². The summed E-state index contributed by atoms with van der Waals surface area (Å²) in [5.74, 6) is 0.453. The molecule has 0 fully saturated rings. The maximum atomic E-state index is 2.48. The first-order chi connectivity index (χ1) is 11.7. The van der Waals surface area contributed by atoms with Crippen LogP contribution in [0.25, 0.3) is 16.8 Å². The predicted octanol–water partition coefficient (Wildman–Crippen LogP) is 4.29. The Morgan fingerprint density at radius 3 is 2.75 bits per heavy atom. The number of hydrogen-bond donors (Lipinski definition) is 0. The van der Waals surface area contributed by atoms with Gasteiger partial charge in [-0.05, 0) is 56.5 Å². The molecular formula is C21H20S2Si. The zero-order valence-electron chi connectivity index (χ0n) is 14.2. The second-order valence-corrected chi connectivity index (χ2v) is 12.1. The van der Waals surface area contributed by atoms with E-state index in [1.807, 2.05) is 11.3 Å². The molecule has 2 atom stereocenters. The van der Waals surface area contributed by atoms with E-state index in [9.17, 15) is 0 Å². The van der Waals surface area contributed by atoms with Crippen molar-refractivity contribution < 1.29 is 0 Å². The highest BCUT2D eigenvalue weighted by atomic mass is 32.2. The van der Waals surface area contributed by atoms with Crippen LogP contribution < -0.4 is 9.75 Å². The van der Waals surface area contributed by atoms with Crippen molar-refractivity contribution in [2.75, 3.05) is 0 Å². The second-order valence-electron chi connectivity index (χ2n) is 7.23. The van der Waals surface area contributed by atoms with Crippen molar-refractivity contribution in [2.45, 2.75) is 31.2 Å². The van der Waals surface area contributed by atoms with Gasteiger partial charge in [0.2, 0.25) is 0 Å². The molecule has 0 radical (unpaired) electrons. The lowest BCUT2D eigenvalue weighted by Crippen LogP contribution is -2.22. The zero-order valence-corrected chi connectivity index (χ0v) is 17.0. The number of rotatable bonds is 2. The summed E-state index contributed by atoms with van der Waals surface area (Å²) < 4.78 is 1.60. The number of allylic oxidation sites excluding steroid dienone is 2. The minimum atomic E-state index is -0.807. The molecular weight excluding hydrogens is 344 g/mol. The van der Waals surface area contributed by atoms with Crippen LogP contribution in [0.2, 0.25) is 13.1 Å². The molecule has 2 aromatic rings. The third kappa shape index (κ3) is 1.92. The SMILES string of the molecule is CC1=Cc2ccccc2C1C1=CSC2C1=c1ccsc1=C2[SiH](C)C. The van der Waals surface area contributed by atoms with E-state index in [1.165, 1.54) is 21.9 Å². The highest BCUT2D eigenvalue weighted by molar-refractivity contribution is 8.04.